The van der Waals surface area contributed by atoms with Gasteiger partial charge in [-0.1, -0.05) is 12.1 Å². The first-order chi connectivity index (χ1) is 8.48. The molecular formula is C15H23NO2. The Morgan fingerprint density at radius 2 is 1.83 bits per heavy atom. The van der Waals surface area contributed by atoms with E-state index in [2.05, 4.69) is 31.9 Å². The van der Waals surface area contributed by atoms with E-state index < -0.39 is 5.60 Å². The monoisotopic (exact) mass is 249 g/mol. The van der Waals surface area contributed by atoms with Crippen LogP contribution in [0.1, 0.15) is 29.5 Å². The molecule has 1 N–H and O–H groups in total. The summed E-state index contributed by atoms with van der Waals surface area (Å²) in [6.45, 7) is 5.97. The van der Waals surface area contributed by atoms with E-state index in [1.54, 1.807) is 7.11 Å². The second-order valence-electron chi connectivity index (χ2n) is 5.42. The minimum Gasteiger partial charge on any atom is -0.496 e. The molecule has 0 atom stereocenters. The molecular weight excluding hydrogens is 226 g/mol. The number of likely N-dealkylation sites (tertiary alicyclic amines) is 1. The Morgan fingerprint density at radius 1 is 1.22 bits per heavy atom. The molecule has 0 spiro atoms. The Labute approximate surface area is 109 Å². The zero-order valence-electron chi connectivity index (χ0n) is 11.8. The molecule has 1 heterocycles. The van der Waals surface area contributed by atoms with Crippen LogP contribution in [0.3, 0.4) is 0 Å². The van der Waals surface area contributed by atoms with Crippen molar-refractivity contribution in [3.8, 4) is 5.75 Å². The fourth-order valence-electron chi connectivity index (χ4n) is 2.68. The standard InChI is InChI=1S/C15H23NO2/c1-11-5-6-13(14(18-4)12(11)2)15(17)7-9-16(3)10-8-15/h5-6,17H,7-10H2,1-4H3. The van der Waals surface area contributed by atoms with E-state index in [9.17, 15) is 5.11 Å². The molecule has 2 rings (SSSR count). The minimum atomic E-state index is -0.740. The largest absolute Gasteiger partial charge is 0.496 e. The summed E-state index contributed by atoms with van der Waals surface area (Å²) >= 11 is 0. The van der Waals surface area contributed by atoms with Gasteiger partial charge < -0.3 is 14.7 Å². The molecule has 100 valence electrons. The number of benzene rings is 1. The average molecular weight is 249 g/mol. The van der Waals surface area contributed by atoms with Crippen molar-refractivity contribution >= 4 is 0 Å². The Hall–Kier alpha value is -1.06. The lowest BCUT2D eigenvalue weighted by Gasteiger charge is -2.38. The number of aryl methyl sites for hydroxylation is 1. The van der Waals surface area contributed by atoms with Gasteiger partial charge >= 0.3 is 0 Å². The summed E-state index contributed by atoms with van der Waals surface area (Å²) in [6, 6.07) is 4.09. The fraction of sp³-hybridized carbons (Fsp3) is 0.600. The van der Waals surface area contributed by atoms with Gasteiger partial charge in [0.25, 0.3) is 0 Å². The minimum absolute atomic E-state index is 0.740. The van der Waals surface area contributed by atoms with E-state index in [0.29, 0.717) is 0 Å². The highest BCUT2D eigenvalue weighted by molar-refractivity contribution is 5.48. The Balaban J connectivity index is 2.41. The molecule has 0 unspecified atom stereocenters. The molecule has 18 heavy (non-hydrogen) atoms. The predicted octanol–water partition coefficient (Wildman–Crippen LogP) is 2.23. The number of hydrogen-bond acceptors (Lipinski definition) is 3. The molecule has 0 bridgehead atoms. The molecule has 3 heteroatoms. The number of nitrogens with zero attached hydrogens (tertiary/aromatic N) is 1. The molecule has 1 aliphatic rings. The molecule has 1 aromatic carbocycles. The van der Waals surface area contributed by atoms with Gasteiger partial charge in [0.1, 0.15) is 5.75 Å². The van der Waals surface area contributed by atoms with Crippen molar-refractivity contribution in [3.05, 3.63) is 28.8 Å². The molecule has 1 saturated heterocycles. The van der Waals surface area contributed by atoms with Crippen LogP contribution in [0.4, 0.5) is 0 Å². The van der Waals surface area contributed by atoms with Crippen LogP contribution in [-0.2, 0) is 5.60 Å². The van der Waals surface area contributed by atoms with Crippen molar-refractivity contribution in [2.75, 3.05) is 27.2 Å². The fourth-order valence-corrected chi connectivity index (χ4v) is 2.68. The summed E-state index contributed by atoms with van der Waals surface area (Å²) in [5, 5.41) is 10.9. The summed E-state index contributed by atoms with van der Waals surface area (Å²) in [6.07, 6.45) is 1.53. The second-order valence-corrected chi connectivity index (χ2v) is 5.42. The maximum Gasteiger partial charge on any atom is 0.128 e. The molecule has 3 nitrogen and oxygen atoms in total. The van der Waals surface area contributed by atoms with Gasteiger partial charge in [0.05, 0.1) is 12.7 Å². The van der Waals surface area contributed by atoms with Gasteiger partial charge in [-0.3, -0.25) is 0 Å². The smallest absolute Gasteiger partial charge is 0.128 e. The number of methoxy groups -OCH3 is 1. The molecule has 1 aliphatic heterocycles. The van der Waals surface area contributed by atoms with Gasteiger partial charge in [-0.25, -0.2) is 0 Å². The number of rotatable bonds is 2. The number of aliphatic hydroxyl groups is 1. The summed E-state index contributed by atoms with van der Waals surface area (Å²) < 4.78 is 5.53. The van der Waals surface area contributed by atoms with Crippen LogP contribution >= 0.6 is 0 Å². The average Bonchev–Trinajstić information content (AvgIpc) is 2.36. The van der Waals surface area contributed by atoms with E-state index in [1.165, 1.54) is 5.56 Å². The molecule has 1 aromatic rings. The van der Waals surface area contributed by atoms with Crippen LogP contribution in [0.15, 0.2) is 12.1 Å². The molecule has 0 aliphatic carbocycles. The van der Waals surface area contributed by atoms with Gasteiger partial charge in [-0.05, 0) is 44.9 Å². The van der Waals surface area contributed by atoms with Gasteiger partial charge in [-0.2, -0.15) is 0 Å². The quantitative estimate of drug-likeness (QED) is 0.872. The van der Waals surface area contributed by atoms with Crippen molar-refractivity contribution in [2.24, 2.45) is 0 Å². The summed E-state index contributed by atoms with van der Waals surface area (Å²) in [5.41, 5.74) is 2.53. The molecule has 0 amide bonds. The van der Waals surface area contributed by atoms with Gasteiger partial charge in [0.15, 0.2) is 0 Å². The number of hydrogen-bond donors (Lipinski definition) is 1. The topological polar surface area (TPSA) is 32.7 Å². The van der Waals surface area contributed by atoms with E-state index in [1.807, 2.05) is 6.07 Å². The third kappa shape index (κ3) is 2.25. The van der Waals surface area contributed by atoms with Crippen LogP contribution in [0.25, 0.3) is 0 Å². The first-order valence-corrected chi connectivity index (χ1v) is 6.53. The SMILES string of the molecule is COc1c(C2(O)CCN(C)CC2)ccc(C)c1C. The zero-order valence-corrected chi connectivity index (χ0v) is 11.8. The normalized spacial score (nSPS) is 19.8. The van der Waals surface area contributed by atoms with Crippen molar-refractivity contribution in [1.82, 2.24) is 4.90 Å². The van der Waals surface area contributed by atoms with Gasteiger partial charge in [0, 0.05) is 18.7 Å². The van der Waals surface area contributed by atoms with E-state index in [0.717, 1.165) is 42.8 Å². The second kappa shape index (κ2) is 4.90. The van der Waals surface area contributed by atoms with E-state index in [4.69, 9.17) is 4.74 Å². The summed E-state index contributed by atoms with van der Waals surface area (Å²) in [5.74, 6) is 0.849. The highest BCUT2D eigenvalue weighted by Gasteiger charge is 2.35. The van der Waals surface area contributed by atoms with Crippen LogP contribution in [0.2, 0.25) is 0 Å². The third-order valence-electron chi connectivity index (χ3n) is 4.20. The van der Waals surface area contributed by atoms with Crippen molar-refractivity contribution < 1.29 is 9.84 Å². The third-order valence-corrected chi connectivity index (χ3v) is 4.20. The van der Waals surface area contributed by atoms with Crippen LogP contribution in [-0.4, -0.2) is 37.3 Å². The molecule has 1 fully saturated rings. The number of piperidine rings is 1. The highest BCUT2D eigenvalue weighted by Crippen LogP contribution is 2.40. The highest BCUT2D eigenvalue weighted by atomic mass is 16.5. The maximum absolute atomic E-state index is 10.9. The van der Waals surface area contributed by atoms with Crippen molar-refractivity contribution in [3.63, 3.8) is 0 Å². The molecule has 0 radical (unpaired) electrons. The van der Waals surface area contributed by atoms with E-state index >= 15 is 0 Å². The Morgan fingerprint density at radius 3 is 2.39 bits per heavy atom. The first kappa shape index (κ1) is 13.4. The zero-order chi connectivity index (χ0) is 13.3. The van der Waals surface area contributed by atoms with Crippen molar-refractivity contribution in [2.45, 2.75) is 32.3 Å². The predicted molar refractivity (Wildman–Crippen MR) is 73.1 cm³/mol. The summed E-state index contributed by atoms with van der Waals surface area (Å²) in [4.78, 5) is 2.25. The van der Waals surface area contributed by atoms with Crippen LogP contribution < -0.4 is 4.74 Å². The first-order valence-electron chi connectivity index (χ1n) is 6.53. The number of ether oxygens (including phenoxy) is 1. The van der Waals surface area contributed by atoms with Crippen LogP contribution in [0.5, 0.6) is 5.75 Å². The lowest BCUT2D eigenvalue weighted by Crippen LogP contribution is -2.41. The van der Waals surface area contributed by atoms with Gasteiger partial charge in [-0.15, -0.1) is 0 Å². The van der Waals surface area contributed by atoms with Crippen LogP contribution in [0, 0.1) is 13.8 Å². The Kier molecular flexibility index (Phi) is 3.64. The maximum atomic E-state index is 10.9. The lowest BCUT2D eigenvalue weighted by atomic mass is 9.82. The van der Waals surface area contributed by atoms with Gasteiger partial charge in [0.2, 0.25) is 0 Å². The molecule has 0 saturated carbocycles. The molecule has 0 aromatic heterocycles. The summed E-state index contributed by atoms with van der Waals surface area (Å²) in [7, 11) is 3.78. The Bertz CT molecular complexity index is 434. The van der Waals surface area contributed by atoms with E-state index in [-0.39, 0.29) is 0 Å². The lowest BCUT2D eigenvalue weighted by molar-refractivity contribution is -0.0220. The van der Waals surface area contributed by atoms with Crippen molar-refractivity contribution in [1.29, 1.82) is 0 Å².